The summed E-state index contributed by atoms with van der Waals surface area (Å²) in [5.41, 5.74) is 9.53. The first-order valence-corrected chi connectivity index (χ1v) is 8.86. The summed E-state index contributed by atoms with van der Waals surface area (Å²) in [5.74, 6) is 1.19. The van der Waals surface area contributed by atoms with Crippen LogP contribution in [-0.4, -0.2) is 25.2 Å². The highest BCUT2D eigenvalue weighted by Gasteiger charge is 2.24. The van der Waals surface area contributed by atoms with Crippen LogP contribution in [0, 0.1) is 19.8 Å². The Balaban J connectivity index is 1.83. The first kappa shape index (κ1) is 17.8. The zero-order valence-corrected chi connectivity index (χ0v) is 14.8. The predicted molar refractivity (Wildman–Crippen MR) is 98.0 cm³/mol. The average molecular weight is 317 g/mol. The normalized spacial score (nSPS) is 17.4. The second-order valence-electron chi connectivity index (χ2n) is 6.52. The van der Waals surface area contributed by atoms with Crippen LogP contribution in [-0.2, 0) is 4.74 Å². The maximum Gasteiger partial charge on any atom is 0.193 e. The van der Waals surface area contributed by atoms with Gasteiger partial charge in [-0.15, -0.1) is 0 Å². The highest BCUT2D eigenvalue weighted by Crippen LogP contribution is 2.30. The van der Waals surface area contributed by atoms with Crippen molar-refractivity contribution in [2.24, 2.45) is 16.6 Å². The molecule has 1 fully saturated rings. The van der Waals surface area contributed by atoms with Crippen molar-refractivity contribution in [2.45, 2.75) is 59.0 Å². The van der Waals surface area contributed by atoms with E-state index in [1.165, 1.54) is 36.8 Å². The minimum absolute atomic E-state index is 0.334. The molecule has 1 unspecified atom stereocenters. The first-order chi connectivity index (χ1) is 11.1. The highest BCUT2D eigenvalue weighted by molar-refractivity contribution is 5.92. The van der Waals surface area contributed by atoms with Crippen LogP contribution in [0.3, 0.4) is 0 Å². The largest absolute Gasteiger partial charge is 0.378 e. The fourth-order valence-corrected chi connectivity index (χ4v) is 3.32. The summed E-state index contributed by atoms with van der Waals surface area (Å²) in [7, 11) is 0. The molecule has 0 spiro atoms. The van der Waals surface area contributed by atoms with Crippen LogP contribution in [0.25, 0.3) is 0 Å². The number of nitrogens with two attached hydrogens (primary N) is 1. The van der Waals surface area contributed by atoms with E-state index in [0.717, 1.165) is 18.7 Å². The molecule has 0 aliphatic heterocycles. The molecular formula is C19H31N3O. The Labute approximate surface area is 140 Å². The van der Waals surface area contributed by atoms with Crippen LogP contribution < -0.4 is 11.1 Å². The maximum absolute atomic E-state index is 6.01. The van der Waals surface area contributed by atoms with Gasteiger partial charge in [-0.25, -0.2) is 0 Å². The lowest BCUT2D eigenvalue weighted by atomic mass is 9.98. The van der Waals surface area contributed by atoms with Gasteiger partial charge in [0.2, 0.25) is 0 Å². The number of benzene rings is 1. The zero-order chi connectivity index (χ0) is 16.7. The van der Waals surface area contributed by atoms with Gasteiger partial charge in [-0.3, -0.25) is 4.99 Å². The zero-order valence-electron chi connectivity index (χ0n) is 14.8. The van der Waals surface area contributed by atoms with E-state index >= 15 is 0 Å². The van der Waals surface area contributed by atoms with Crippen molar-refractivity contribution in [3.05, 3.63) is 29.3 Å². The smallest absolute Gasteiger partial charge is 0.193 e. The van der Waals surface area contributed by atoms with Gasteiger partial charge in [-0.05, 0) is 69.2 Å². The summed E-state index contributed by atoms with van der Waals surface area (Å²) >= 11 is 0. The van der Waals surface area contributed by atoms with Crippen LogP contribution in [0.1, 0.15) is 50.2 Å². The number of hydrogen-bond acceptors (Lipinski definition) is 2. The lowest BCUT2D eigenvalue weighted by Gasteiger charge is -2.22. The van der Waals surface area contributed by atoms with Crippen LogP contribution in [0.2, 0.25) is 0 Å². The minimum Gasteiger partial charge on any atom is -0.378 e. The minimum atomic E-state index is 0.334. The summed E-state index contributed by atoms with van der Waals surface area (Å²) in [6.45, 7) is 7.77. The Hall–Kier alpha value is -1.55. The Kier molecular flexibility index (Phi) is 6.90. The molecular weight excluding hydrogens is 286 g/mol. The number of guanidine groups is 1. The molecule has 2 rings (SSSR count). The van der Waals surface area contributed by atoms with Crippen LogP contribution >= 0.6 is 0 Å². The van der Waals surface area contributed by atoms with Crippen LogP contribution in [0.5, 0.6) is 0 Å². The van der Waals surface area contributed by atoms with E-state index in [1.54, 1.807) is 0 Å². The molecule has 1 aromatic carbocycles. The lowest BCUT2D eigenvalue weighted by Crippen LogP contribution is -2.26. The number of rotatable bonds is 7. The lowest BCUT2D eigenvalue weighted by molar-refractivity contribution is 0.0178. The van der Waals surface area contributed by atoms with Gasteiger partial charge in [0.25, 0.3) is 0 Å². The van der Waals surface area contributed by atoms with Crippen molar-refractivity contribution >= 4 is 11.6 Å². The summed E-state index contributed by atoms with van der Waals surface area (Å²) in [4.78, 5) is 4.47. The SMILES string of the molecule is CCOC(CCN=C(N)Nc1ccc(C)c(C)c1)C1CCCC1. The molecule has 0 radical (unpaired) electrons. The number of ether oxygens (including phenoxy) is 1. The quantitative estimate of drug-likeness (QED) is 0.590. The van der Waals surface area contributed by atoms with Crippen molar-refractivity contribution in [1.29, 1.82) is 0 Å². The number of aryl methyl sites for hydroxylation is 2. The molecule has 4 nitrogen and oxygen atoms in total. The van der Waals surface area contributed by atoms with Crippen molar-refractivity contribution < 1.29 is 4.74 Å². The van der Waals surface area contributed by atoms with Crippen molar-refractivity contribution in [3.8, 4) is 0 Å². The number of aliphatic imine (C=N–C) groups is 1. The van der Waals surface area contributed by atoms with Gasteiger partial charge in [-0.1, -0.05) is 18.9 Å². The fraction of sp³-hybridized carbons (Fsp3) is 0.632. The molecule has 1 atom stereocenters. The summed E-state index contributed by atoms with van der Waals surface area (Å²) in [5, 5.41) is 3.17. The summed E-state index contributed by atoms with van der Waals surface area (Å²) in [6, 6.07) is 6.22. The van der Waals surface area contributed by atoms with E-state index in [2.05, 4.69) is 43.2 Å². The first-order valence-electron chi connectivity index (χ1n) is 8.86. The Morgan fingerprint density at radius 1 is 1.30 bits per heavy atom. The van der Waals surface area contributed by atoms with E-state index in [0.29, 0.717) is 24.5 Å². The number of anilines is 1. The molecule has 0 bridgehead atoms. The molecule has 1 aliphatic carbocycles. The van der Waals surface area contributed by atoms with Crippen molar-refractivity contribution in [1.82, 2.24) is 0 Å². The average Bonchev–Trinajstić information content (AvgIpc) is 3.04. The molecule has 128 valence electrons. The molecule has 0 saturated heterocycles. The van der Waals surface area contributed by atoms with E-state index in [-0.39, 0.29) is 0 Å². The monoisotopic (exact) mass is 317 g/mol. The van der Waals surface area contributed by atoms with Gasteiger partial charge in [-0.2, -0.15) is 0 Å². The molecule has 0 amide bonds. The maximum atomic E-state index is 6.01. The molecule has 0 heterocycles. The van der Waals surface area contributed by atoms with Gasteiger partial charge in [0.05, 0.1) is 6.10 Å². The Morgan fingerprint density at radius 2 is 2.04 bits per heavy atom. The van der Waals surface area contributed by atoms with Gasteiger partial charge in [0.1, 0.15) is 0 Å². The third kappa shape index (κ3) is 5.54. The highest BCUT2D eigenvalue weighted by atomic mass is 16.5. The third-order valence-corrected chi connectivity index (χ3v) is 4.78. The second kappa shape index (κ2) is 8.92. The van der Waals surface area contributed by atoms with Gasteiger partial charge in [0, 0.05) is 18.8 Å². The Bertz CT molecular complexity index is 521. The molecule has 1 aromatic rings. The second-order valence-corrected chi connectivity index (χ2v) is 6.52. The molecule has 3 N–H and O–H groups in total. The van der Waals surface area contributed by atoms with E-state index in [1.807, 2.05) is 6.07 Å². The topological polar surface area (TPSA) is 59.6 Å². The molecule has 4 heteroatoms. The van der Waals surface area contributed by atoms with Crippen LogP contribution in [0.4, 0.5) is 5.69 Å². The van der Waals surface area contributed by atoms with E-state index < -0.39 is 0 Å². The Morgan fingerprint density at radius 3 is 2.70 bits per heavy atom. The molecule has 1 saturated carbocycles. The molecule has 23 heavy (non-hydrogen) atoms. The van der Waals surface area contributed by atoms with Gasteiger partial charge in [0.15, 0.2) is 5.96 Å². The fourth-order valence-electron chi connectivity index (χ4n) is 3.32. The van der Waals surface area contributed by atoms with E-state index in [9.17, 15) is 0 Å². The van der Waals surface area contributed by atoms with Crippen molar-refractivity contribution in [3.63, 3.8) is 0 Å². The summed E-state index contributed by atoms with van der Waals surface area (Å²) < 4.78 is 5.92. The molecule has 1 aliphatic rings. The number of hydrogen-bond donors (Lipinski definition) is 2. The van der Waals surface area contributed by atoms with Gasteiger partial charge < -0.3 is 15.8 Å². The molecule has 0 aromatic heterocycles. The predicted octanol–water partition coefficient (Wildman–Crippen LogP) is 4.02. The standard InChI is InChI=1S/C19H31N3O/c1-4-23-18(16-7-5-6-8-16)11-12-21-19(20)22-17-10-9-14(2)15(3)13-17/h9-10,13,16,18H,4-8,11-12H2,1-3H3,(H3,20,21,22). The number of nitrogens with zero attached hydrogens (tertiary/aromatic N) is 1. The van der Waals surface area contributed by atoms with Gasteiger partial charge >= 0.3 is 0 Å². The third-order valence-electron chi connectivity index (χ3n) is 4.78. The van der Waals surface area contributed by atoms with Crippen LogP contribution in [0.15, 0.2) is 23.2 Å². The van der Waals surface area contributed by atoms with E-state index in [4.69, 9.17) is 10.5 Å². The number of nitrogens with one attached hydrogen (secondary N) is 1. The van der Waals surface area contributed by atoms with Crippen molar-refractivity contribution in [2.75, 3.05) is 18.5 Å². The summed E-state index contributed by atoms with van der Waals surface area (Å²) in [6.07, 6.45) is 6.56.